The Kier molecular flexibility index (Phi) is 8.78. The molecule has 192 valence electrons. The van der Waals surface area contributed by atoms with E-state index in [0.29, 0.717) is 32.0 Å². The molecule has 35 heavy (non-hydrogen) atoms. The Labute approximate surface area is 210 Å². The minimum Gasteiger partial charge on any atom is -0.378 e. The number of hydrogen-bond donors (Lipinski definition) is 0. The van der Waals surface area contributed by atoms with Crippen LogP contribution in [0.4, 0.5) is 17.1 Å². The Morgan fingerprint density at radius 1 is 0.714 bits per heavy atom. The fraction of sp³-hybridized carbons (Fsp3) is 0.571. The average molecular weight is 484 g/mol. The van der Waals surface area contributed by atoms with Crippen molar-refractivity contribution in [2.75, 3.05) is 62.4 Å². The van der Waals surface area contributed by atoms with E-state index in [4.69, 9.17) is 9.47 Å². The maximum Gasteiger partial charge on any atom is 0.292 e. The van der Waals surface area contributed by atoms with Gasteiger partial charge in [0, 0.05) is 37.9 Å². The van der Waals surface area contributed by atoms with E-state index in [2.05, 4.69) is 70.7 Å². The first kappa shape index (κ1) is 27.0. The van der Waals surface area contributed by atoms with Crippen LogP contribution in [-0.4, -0.2) is 57.5 Å². The van der Waals surface area contributed by atoms with Gasteiger partial charge in [-0.25, -0.2) is 0 Å². The molecule has 0 bridgehead atoms. The van der Waals surface area contributed by atoms with E-state index in [-0.39, 0.29) is 21.4 Å². The summed E-state index contributed by atoms with van der Waals surface area (Å²) in [6, 6.07) is 14.5. The predicted octanol–water partition coefficient (Wildman–Crippen LogP) is 5.55. The summed E-state index contributed by atoms with van der Waals surface area (Å²) in [5, 5.41) is 11.3. The highest BCUT2D eigenvalue weighted by Crippen LogP contribution is 2.34. The summed E-state index contributed by atoms with van der Waals surface area (Å²) in [5.41, 5.74) is 4.73. The fourth-order valence-corrected chi connectivity index (χ4v) is 4.20. The minimum atomic E-state index is -0.292. The third-order valence-corrected chi connectivity index (χ3v) is 6.50. The first-order chi connectivity index (χ1) is 16.5. The Morgan fingerprint density at radius 3 is 1.63 bits per heavy atom. The summed E-state index contributed by atoms with van der Waals surface area (Å²) < 4.78 is 10.6. The van der Waals surface area contributed by atoms with Gasteiger partial charge in [-0.05, 0) is 40.2 Å². The van der Waals surface area contributed by atoms with E-state index < -0.39 is 0 Å². The average Bonchev–Trinajstić information content (AvgIpc) is 2.84. The van der Waals surface area contributed by atoms with E-state index in [9.17, 15) is 10.1 Å². The van der Waals surface area contributed by atoms with E-state index in [0.717, 1.165) is 31.9 Å². The molecule has 0 spiro atoms. The highest BCUT2D eigenvalue weighted by Gasteiger charge is 2.24. The second kappa shape index (κ2) is 11.4. The molecule has 2 heterocycles. The van der Waals surface area contributed by atoms with Crippen LogP contribution in [0.25, 0.3) is 0 Å². The van der Waals surface area contributed by atoms with E-state index in [1.165, 1.54) is 11.3 Å². The second-order valence-electron chi connectivity index (χ2n) is 11.2. The number of ether oxygens (including phenoxy) is 2. The van der Waals surface area contributed by atoms with Crippen molar-refractivity contribution in [2.24, 2.45) is 0 Å². The van der Waals surface area contributed by atoms with E-state index in [1.807, 2.05) is 17.0 Å². The zero-order valence-electron chi connectivity index (χ0n) is 22.2. The van der Waals surface area contributed by atoms with Crippen LogP contribution in [0.1, 0.15) is 52.7 Å². The van der Waals surface area contributed by atoms with Gasteiger partial charge in [0.2, 0.25) is 0 Å². The van der Waals surface area contributed by atoms with Crippen molar-refractivity contribution in [2.45, 2.75) is 52.4 Å². The molecule has 0 atom stereocenters. The highest BCUT2D eigenvalue weighted by atomic mass is 16.6. The molecular formula is C28H41N3O4. The zero-order chi connectivity index (χ0) is 25.6. The molecule has 0 N–H and O–H groups in total. The van der Waals surface area contributed by atoms with Gasteiger partial charge in [-0.1, -0.05) is 59.7 Å². The highest BCUT2D eigenvalue weighted by molar-refractivity contribution is 5.65. The molecule has 7 nitrogen and oxygen atoms in total. The van der Waals surface area contributed by atoms with Crippen molar-refractivity contribution in [1.82, 2.24) is 0 Å². The van der Waals surface area contributed by atoms with E-state index >= 15 is 0 Å². The van der Waals surface area contributed by atoms with Crippen molar-refractivity contribution in [1.29, 1.82) is 0 Å². The van der Waals surface area contributed by atoms with Gasteiger partial charge in [0.1, 0.15) is 5.69 Å². The molecule has 0 aromatic heterocycles. The van der Waals surface area contributed by atoms with Crippen molar-refractivity contribution in [3.63, 3.8) is 0 Å². The number of benzene rings is 2. The summed E-state index contributed by atoms with van der Waals surface area (Å²) in [7, 11) is 0. The van der Waals surface area contributed by atoms with Crippen LogP contribution < -0.4 is 9.80 Å². The molecule has 0 aliphatic carbocycles. The maximum absolute atomic E-state index is 11.3. The Bertz CT molecular complexity index is 965. The lowest BCUT2D eigenvalue weighted by Gasteiger charge is -2.29. The molecule has 2 aromatic carbocycles. The van der Waals surface area contributed by atoms with Crippen LogP contribution in [0.2, 0.25) is 0 Å². The van der Waals surface area contributed by atoms with Crippen molar-refractivity contribution in [3.05, 3.63) is 63.7 Å². The molecule has 0 radical (unpaired) electrons. The smallest absolute Gasteiger partial charge is 0.292 e. The van der Waals surface area contributed by atoms with Crippen LogP contribution in [0.5, 0.6) is 0 Å². The molecule has 0 unspecified atom stereocenters. The summed E-state index contributed by atoms with van der Waals surface area (Å²) in [5.74, 6) is 0. The van der Waals surface area contributed by atoms with Gasteiger partial charge in [0.05, 0.1) is 31.4 Å². The molecule has 2 saturated heterocycles. The van der Waals surface area contributed by atoms with Crippen molar-refractivity contribution < 1.29 is 14.4 Å². The molecule has 2 aliphatic rings. The normalized spacial score (nSPS) is 17.0. The summed E-state index contributed by atoms with van der Waals surface area (Å²) in [6.07, 6.45) is 0. The lowest BCUT2D eigenvalue weighted by molar-refractivity contribution is -0.384. The molecule has 7 heteroatoms. The number of rotatable bonds is 3. The van der Waals surface area contributed by atoms with Crippen molar-refractivity contribution >= 4 is 17.1 Å². The molecular weight excluding hydrogens is 442 g/mol. The van der Waals surface area contributed by atoms with Crippen LogP contribution in [-0.2, 0) is 20.3 Å². The SMILES string of the molecule is CC(C)(C)c1ccc(N2CCOCC2)c([N+](=O)[O-])c1.CC(C)(C)c1ccc(N2CCOCC2)cc1. The van der Waals surface area contributed by atoms with Crippen molar-refractivity contribution in [3.8, 4) is 0 Å². The molecule has 0 amide bonds. The standard InChI is InChI=1S/C14H20N2O3.C14H21NO/c1-14(2,3)11-4-5-12(13(10-11)16(17)18)15-6-8-19-9-7-15;1-14(2,3)12-4-6-13(7-5-12)15-8-10-16-11-9-15/h4-5,10H,6-9H2,1-3H3;4-7H,8-11H2,1-3H3. The molecule has 4 rings (SSSR count). The van der Waals surface area contributed by atoms with Gasteiger partial charge in [0.25, 0.3) is 5.69 Å². The summed E-state index contributed by atoms with van der Waals surface area (Å²) in [4.78, 5) is 15.4. The van der Waals surface area contributed by atoms with Crippen LogP contribution >= 0.6 is 0 Å². The third kappa shape index (κ3) is 7.42. The van der Waals surface area contributed by atoms with Gasteiger partial charge in [0.15, 0.2) is 0 Å². The minimum absolute atomic E-state index is 0.0890. The largest absolute Gasteiger partial charge is 0.378 e. The second-order valence-corrected chi connectivity index (χ2v) is 11.2. The Hall–Kier alpha value is -2.64. The number of morpholine rings is 2. The number of nitro benzene ring substituents is 1. The van der Waals surface area contributed by atoms with Gasteiger partial charge in [-0.15, -0.1) is 0 Å². The van der Waals surface area contributed by atoms with Crippen LogP contribution in [0.15, 0.2) is 42.5 Å². The maximum atomic E-state index is 11.3. The third-order valence-electron chi connectivity index (χ3n) is 6.50. The predicted molar refractivity (Wildman–Crippen MR) is 143 cm³/mol. The Morgan fingerprint density at radius 2 is 1.17 bits per heavy atom. The van der Waals surface area contributed by atoms with Gasteiger partial charge >= 0.3 is 0 Å². The number of nitro groups is 1. The van der Waals surface area contributed by atoms with Crippen LogP contribution in [0.3, 0.4) is 0 Å². The molecule has 2 aromatic rings. The lowest BCUT2D eigenvalue weighted by atomic mass is 9.86. The Balaban J connectivity index is 0.000000198. The molecule has 2 aliphatic heterocycles. The van der Waals surface area contributed by atoms with E-state index in [1.54, 1.807) is 6.07 Å². The number of anilines is 2. The molecule has 0 saturated carbocycles. The summed E-state index contributed by atoms with van der Waals surface area (Å²) >= 11 is 0. The first-order valence-electron chi connectivity index (χ1n) is 12.5. The number of hydrogen-bond acceptors (Lipinski definition) is 6. The lowest BCUT2D eigenvalue weighted by Crippen LogP contribution is -2.36. The summed E-state index contributed by atoms with van der Waals surface area (Å²) in [6.45, 7) is 19.3. The fourth-order valence-electron chi connectivity index (χ4n) is 4.20. The molecule has 2 fully saturated rings. The first-order valence-corrected chi connectivity index (χ1v) is 12.5. The van der Waals surface area contributed by atoms with Gasteiger partial charge in [-0.3, -0.25) is 10.1 Å². The van der Waals surface area contributed by atoms with Gasteiger partial charge in [-0.2, -0.15) is 0 Å². The van der Waals surface area contributed by atoms with Crippen LogP contribution in [0, 0.1) is 10.1 Å². The number of nitrogens with zero attached hydrogens (tertiary/aromatic N) is 3. The van der Waals surface area contributed by atoms with Gasteiger partial charge < -0.3 is 19.3 Å². The monoisotopic (exact) mass is 483 g/mol. The zero-order valence-corrected chi connectivity index (χ0v) is 22.2. The topological polar surface area (TPSA) is 68.1 Å². The quantitative estimate of drug-likeness (QED) is 0.421.